The number of amides is 2. The van der Waals surface area contributed by atoms with Gasteiger partial charge in [0.05, 0.1) is 46.2 Å². The van der Waals surface area contributed by atoms with Gasteiger partial charge in [0.25, 0.3) is 0 Å². The molecule has 34 atom stereocenters. The van der Waals surface area contributed by atoms with Gasteiger partial charge in [-0.05, 0) is 0 Å². The van der Waals surface area contributed by atoms with E-state index in [4.69, 9.17) is 61.6 Å². The number of carbonyl (C=O) groups is 2. The zero-order chi connectivity index (χ0) is 60.3. The summed E-state index contributed by atoms with van der Waals surface area (Å²) >= 11 is 0. The van der Waals surface area contributed by atoms with Crippen molar-refractivity contribution >= 4 is 11.8 Å². The summed E-state index contributed by atoms with van der Waals surface area (Å²) < 4.78 is 76.2. The fourth-order valence-electron chi connectivity index (χ4n) is 10.4. The molecule has 7 rings (SSSR count). The van der Waals surface area contributed by atoms with Crippen LogP contribution in [0.3, 0.4) is 0 Å². The van der Waals surface area contributed by atoms with E-state index in [1.165, 1.54) is 0 Å². The number of rotatable bonds is 20. The normalized spacial score (nSPS) is 50.4. The Morgan fingerprint density at radius 1 is 0.366 bits per heavy atom. The van der Waals surface area contributed by atoms with E-state index in [2.05, 4.69) is 10.6 Å². The largest absolute Gasteiger partial charge is 0.394 e. The molecule has 476 valence electrons. The molecular weight excluding hydrogens is 1130 g/mol. The minimum absolute atomic E-state index is 0.720. The van der Waals surface area contributed by atoms with Crippen LogP contribution >= 0.6 is 0 Å². The molecule has 0 saturated carbocycles. The predicted octanol–water partition coefficient (Wildman–Crippen LogP) is -15.3. The van der Waals surface area contributed by atoms with Crippen LogP contribution in [0.1, 0.15) is 13.8 Å². The van der Waals surface area contributed by atoms with Gasteiger partial charge >= 0.3 is 0 Å². The van der Waals surface area contributed by atoms with Gasteiger partial charge < -0.3 is 174 Å². The number of carbonyl (C=O) groups excluding carboxylic acids is 2. The van der Waals surface area contributed by atoms with Crippen LogP contribution in [0.4, 0.5) is 0 Å². The summed E-state index contributed by atoms with van der Waals surface area (Å²) in [7, 11) is 0. The molecule has 0 radical (unpaired) electrons. The first-order valence-electron chi connectivity index (χ1n) is 26.0. The molecule has 22 N–H and O–H groups in total. The number of aliphatic hydroxyl groups is 20. The molecule has 0 unspecified atom stereocenters. The van der Waals surface area contributed by atoms with E-state index in [0.717, 1.165) is 13.8 Å². The van der Waals surface area contributed by atoms with Crippen molar-refractivity contribution in [3.8, 4) is 0 Å². The number of hydrogen-bond donors (Lipinski definition) is 22. The lowest BCUT2D eigenvalue weighted by atomic mass is 9.93. The quantitative estimate of drug-likeness (QED) is 0.0538. The second kappa shape index (κ2) is 29.1. The summed E-state index contributed by atoms with van der Waals surface area (Å²) in [5.74, 6) is -1.76. The van der Waals surface area contributed by atoms with E-state index in [0.29, 0.717) is 0 Å². The summed E-state index contributed by atoms with van der Waals surface area (Å²) in [5, 5.41) is 220. The molecule has 37 heteroatoms. The molecule has 0 bridgehead atoms. The predicted molar refractivity (Wildman–Crippen MR) is 249 cm³/mol. The molecule has 0 aromatic carbocycles. The van der Waals surface area contributed by atoms with Crippen LogP contribution in [-0.2, 0) is 71.2 Å². The van der Waals surface area contributed by atoms with Gasteiger partial charge in [0.1, 0.15) is 165 Å². The lowest BCUT2D eigenvalue weighted by Gasteiger charge is -2.52. The number of aliphatic hydroxyl groups excluding tert-OH is 20. The van der Waals surface area contributed by atoms with Crippen molar-refractivity contribution < 1.29 is 173 Å². The van der Waals surface area contributed by atoms with E-state index in [-0.39, 0.29) is 0 Å². The molecular formula is C45H76N2O35. The van der Waals surface area contributed by atoms with Crippen LogP contribution < -0.4 is 10.6 Å². The maximum atomic E-state index is 13.0. The zero-order valence-corrected chi connectivity index (χ0v) is 43.6. The molecule has 7 aliphatic heterocycles. The van der Waals surface area contributed by atoms with Crippen molar-refractivity contribution in [2.75, 3.05) is 46.2 Å². The van der Waals surface area contributed by atoms with Crippen molar-refractivity contribution in [1.82, 2.24) is 10.6 Å². The first kappa shape index (κ1) is 67.1. The highest BCUT2D eigenvalue weighted by Gasteiger charge is 2.59. The maximum absolute atomic E-state index is 13.0. The van der Waals surface area contributed by atoms with Crippen molar-refractivity contribution in [2.24, 2.45) is 0 Å². The van der Waals surface area contributed by atoms with Gasteiger partial charge in [0.15, 0.2) is 44.0 Å². The molecule has 7 saturated heterocycles. The highest BCUT2D eigenvalue weighted by atomic mass is 16.8. The second-order valence-corrected chi connectivity index (χ2v) is 20.6. The average Bonchev–Trinajstić information content (AvgIpc) is 3.64. The Hall–Kier alpha value is -2.38. The third-order valence-corrected chi connectivity index (χ3v) is 14.9. The minimum Gasteiger partial charge on any atom is -0.394 e. The smallest absolute Gasteiger partial charge is 0.217 e. The first-order chi connectivity index (χ1) is 38.8. The maximum Gasteiger partial charge on any atom is 0.217 e. The van der Waals surface area contributed by atoms with Crippen molar-refractivity contribution in [1.29, 1.82) is 0 Å². The molecule has 37 nitrogen and oxygen atoms in total. The Kier molecular flexibility index (Phi) is 23.8. The Morgan fingerprint density at radius 2 is 0.768 bits per heavy atom. The van der Waals surface area contributed by atoms with E-state index < -0.39 is 267 Å². The summed E-state index contributed by atoms with van der Waals surface area (Å²) in [5.41, 5.74) is 0. The Balaban J connectivity index is 1.25. The fraction of sp³-hybridized carbons (Fsp3) is 0.956. The van der Waals surface area contributed by atoms with Gasteiger partial charge in [-0.3, -0.25) is 9.59 Å². The Bertz CT molecular complexity index is 2010. The lowest BCUT2D eigenvalue weighted by Crippen LogP contribution is -2.71. The number of hydrogen-bond acceptors (Lipinski definition) is 35. The second-order valence-electron chi connectivity index (χ2n) is 20.6. The molecule has 82 heavy (non-hydrogen) atoms. The molecule has 0 aromatic heterocycles. The lowest BCUT2D eigenvalue weighted by molar-refractivity contribution is -0.405. The van der Waals surface area contributed by atoms with Gasteiger partial charge in [0.2, 0.25) is 11.8 Å². The fourth-order valence-corrected chi connectivity index (χ4v) is 10.4. The molecule has 7 heterocycles. The highest BCUT2D eigenvalue weighted by molar-refractivity contribution is 5.73. The van der Waals surface area contributed by atoms with E-state index in [1.807, 2.05) is 0 Å². The standard InChI is InChI=1S/C45H76N2O35/c1-10(53)46-19-26(61)34(16(6-51)76-40(19)79-35-17(7-52)72-39(69)20(47-11(2)54)36(35)80-43-32(67)28(63)23(58)14(4-49)74-43)78-45-38(82-42-30(65)21(56)12(55)8-70-42)37(81-44-33(68)29(64)24(59)15(5-50)75-44)25(60)18(77-45)9-71-41-31(66)27(62)22(57)13(3-48)73-41/h12-45,48-52,55-69H,3-9H2,1-2H3,(H,46,53)(H,47,54)/t12-,13-,14-,15-,16-,17-,18-,19-,20-,21+,22-,23+,24-,25-,26-,27+,28+,29+,30-,31+,32-,33+,34-,35-,36-,37+,38+,39-,40+,41+,42+,43-,44-,45+/m1/s1. The number of nitrogens with one attached hydrogen (secondary N) is 2. The minimum atomic E-state index is -2.28. The van der Waals surface area contributed by atoms with Gasteiger partial charge in [-0.15, -0.1) is 0 Å². The monoisotopic (exact) mass is 1200 g/mol. The van der Waals surface area contributed by atoms with E-state index >= 15 is 0 Å². The van der Waals surface area contributed by atoms with Gasteiger partial charge in [-0.1, -0.05) is 0 Å². The topological polar surface area (TPSA) is 583 Å². The van der Waals surface area contributed by atoms with Crippen molar-refractivity contribution in [2.45, 2.75) is 223 Å². The van der Waals surface area contributed by atoms with Crippen molar-refractivity contribution in [3.63, 3.8) is 0 Å². The number of ether oxygens (including phenoxy) is 13. The van der Waals surface area contributed by atoms with Gasteiger partial charge in [-0.25, -0.2) is 0 Å². The van der Waals surface area contributed by atoms with Crippen molar-refractivity contribution in [3.05, 3.63) is 0 Å². The summed E-state index contributed by atoms with van der Waals surface area (Å²) in [4.78, 5) is 25.5. The van der Waals surface area contributed by atoms with Gasteiger partial charge in [-0.2, -0.15) is 0 Å². The van der Waals surface area contributed by atoms with Crippen LogP contribution in [0.5, 0.6) is 0 Å². The van der Waals surface area contributed by atoms with Crippen LogP contribution in [-0.4, -0.2) is 369 Å². The summed E-state index contributed by atoms with van der Waals surface area (Å²) in [6.07, 6.45) is -63.5. The van der Waals surface area contributed by atoms with Crippen LogP contribution in [0.25, 0.3) is 0 Å². The Morgan fingerprint density at radius 3 is 1.28 bits per heavy atom. The van der Waals surface area contributed by atoms with E-state index in [1.54, 1.807) is 0 Å². The van der Waals surface area contributed by atoms with Crippen LogP contribution in [0.15, 0.2) is 0 Å². The summed E-state index contributed by atoms with van der Waals surface area (Å²) in [6, 6.07) is -3.67. The van der Waals surface area contributed by atoms with Crippen LogP contribution in [0, 0.1) is 0 Å². The molecule has 7 fully saturated rings. The summed E-state index contributed by atoms with van der Waals surface area (Å²) in [6.45, 7) is -4.79. The molecule has 2 amide bonds. The third kappa shape index (κ3) is 14.4. The SMILES string of the molecule is CC(=O)N[C@@H]1[C@@H](O[C@H]2O[C@H](CO)[C@H](O)[C@H](O)[C@H]2O)[C@H](O[C@@H]2O[C@H](CO)[C@@H](O[C@@H]3O[C@H](CO[C@H]4O[C@H](CO)[C@@H](O)[C@H](O)[C@@H]4O)[C@@H](O)[C@H](O[C@H]4O[C@H](CO)[C@@H](O)[C@H](O)[C@@H]4O)[C@@H]3O[C@@H]3OC[C@@H](O)[C@H](O)[C@H]3O)[C@H](O)[C@H]2NC(C)=O)[C@@H](CO)O[C@H]1O. The van der Waals surface area contributed by atoms with E-state index in [9.17, 15) is 112 Å². The molecule has 7 aliphatic rings. The molecule has 0 aromatic rings. The Labute approximate surface area is 464 Å². The molecule has 0 spiro atoms. The average molecular weight is 1210 g/mol. The van der Waals surface area contributed by atoms with Crippen LogP contribution in [0.2, 0.25) is 0 Å². The highest BCUT2D eigenvalue weighted by Crippen LogP contribution is 2.38. The van der Waals surface area contributed by atoms with Gasteiger partial charge in [0, 0.05) is 13.8 Å². The molecule has 0 aliphatic carbocycles. The first-order valence-corrected chi connectivity index (χ1v) is 26.0. The zero-order valence-electron chi connectivity index (χ0n) is 43.6. The third-order valence-electron chi connectivity index (χ3n) is 14.9.